The number of hydrogen-bond donors (Lipinski definition) is 1. The second kappa shape index (κ2) is 7.51. The summed E-state index contributed by atoms with van der Waals surface area (Å²) < 4.78 is 5.64. The Morgan fingerprint density at radius 2 is 1.84 bits per heavy atom. The van der Waals surface area contributed by atoms with E-state index >= 15 is 0 Å². The third-order valence-electron chi connectivity index (χ3n) is 3.49. The van der Waals surface area contributed by atoms with Gasteiger partial charge in [-0.15, -0.1) is 0 Å². The molecule has 6 nitrogen and oxygen atoms in total. The van der Waals surface area contributed by atoms with Crippen LogP contribution in [0, 0.1) is 6.92 Å². The lowest BCUT2D eigenvalue weighted by Crippen LogP contribution is -2.47. The van der Waals surface area contributed by atoms with Crippen molar-refractivity contribution in [1.82, 2.24) is 15.2 Å². The topological polar surface area (TPSA) is 75.4 Å². The molecular formula is C19H25N3O3. The van der Waals surface area contributed by atoms with Gasteiger partial charge in [-0.1, -0.05) is 30.3 Å². The lowest BCUT2D eigenvalue weighted by atomic mass is 10.1. The van der Waals surface area contributed by atoms with E-state index in [1.807, 2.05) is 58.0 Å². The van der Waals surface area contributed by atoms with Crippen LogP contribution in [0.5, 0.6) is 0 Å². The van der Waals surface area contributed by atoms with E-state index in [0.29, 0.717) is 18.2 Å². The van der Waals surface area contributed by atoms with Crippen molar-refractivity contribution >= 4 is 11.8 Å². The van der Waals surface area contributed by atoms with Crippen LogP contribution >= 0.6 is 0 Å². The molecule has 0 aliphatic heterocycles. The summed E-state index contributed by atoms with van der Waals surface area (Å²) in [5.41, 5.74) is 0.662. The summed E-state index contributed by atoms with van der Waals surface area (Å²) in [7, 11) is 0. The van der Waals surface area contributed by atoms with Crippen molar-refractivity contribution in [3.05, 3.63) is 41.9 Å². The number of carbonyl (C=O) groups is 2. The summed E-state index contributed by atoms with van der Waals surface area (Å²) in [6.45, 7) is 9.61. The molecular weight excluding hydrogens is 318 g/mol. The van der Waals surface area contributed by atoms with Gasteiger partial charge < -0.3 is 14.6 Å². The molecule has 6 heteroatoms. The Kier molecular flexibility index (Phi) is 5.62. The Labute approximate surface area is 148 Å². The van der Waals surface area contributed by atoms with E-state index in [9.17, 15) is 9.59 Å². The van der Waals surface area contributed by atoms with Crippen LogP contribution in [0.3, 0.4) is 0 Å². The summed E-state index contributed by atoms with van der Waals surface area (Å²) in [6.07, 6.45) is 0. The highest BCUT2D eigenvalue weighted by Gasteiger charge is 2.26. The molecule has 0 radical (unpaired) electrons. The molecule has 1 N–H and O–H groups in total. The number of carbonyl (C=O) groups excluding carboxylic acids is 2. The van der Waals surface area contributed by atoms with Crippen molar-refractivity contribution in [2.75, 3.05) is 13.1 Å². The van der Waals surface area contributed by atoms with Crippen molar-refractivity contribution < 1.29 is 14.0 Å². The fraction of sp³-hybridized carbons (Fsp3) is 0.421. The van der Waals surface area contributed by atoms with E-state index in [-0.39, 0.29) is 29.6 Å². The molecule has 0 spiro atoms. The summed E-state index contributed by atoms with van der Waals surface area (Å²) >= 11 is 0. The number of nitrogens with one attached hydrogen (secondary N) is 1. The normalized spacial score (nSPS) is 11.2. The van der Waals surface area contributed by atoms with E-state index in [1.165, 1.54) is 4.90 Å². The third-order valence-corrected chi connectivity index (χ3v) is 3.49. The number of oxazole rings is 1. The summed E-state index contributed by atoms with van der Waals surface area (Å²) in [5, 5.41) is 2.87. The van der Waals surface area contributed by atoms with Crippen LogP contribution in [-0.2, 0) is 4.79 Å². The zero-order valence-corrected chi connectivity index (χ0v) is 15.4. The monoisotopic (exact) mass is 343 g/mol. The number of nitrogens with zero attached hydrogens (tertiary/aromatic N) is 2. The Hall–Kier alpha value is -2.63. The van der Waals surface area contributed by atoms with Gasteiger partial charge in [-0.05, 0) is 27.7 Å². The molecule has 1 aromatic carbocycles. The SMILES string of the molecule is CCN(CC(=O)NC(C)(C)C)C(=O)c1nc(C)oc1-c1ccccc1. The van der Waals surface area contributed by atoms with Crippen LogP contribution in [0.15, 0.2) is 34.7 Å². The van der Waals surface area contributed by atoms with Crippen LogP contribution in [0.1, 0.15) is 44.1 Å². The number of rotatable bonds is 5. The number of hydrogen-bond acceptors (Lipinski definition) is 4. The van der Waals surface area contributed by atoms with Crippen LogP contribution in [0.25, 0.3) is 11.3 Å². The van der Waals surface area contributed by atoms with Gasteiger partial charge in [0, 0.05) is 24.6 Å². The molecule has 0 fully saturated rings. The summed E-state index contributed by atoms with van der Waals surface area (Å²) in [6, 6.07) is 9.35. The smallest absolute Gasteiger partial charge is 0.276 e. The molecule has 2 rings (SSSR count). The summed E-state index contributed by atoms with van der Waals surface area (Å²) in [5.74, 6) is 0.321. The van der Waals surface area contributed by atoms with E-state index < -0.39 is 0 Å². The van der Waals surface area contributed by atoms with E-state index in [2.05, 4.69) is 10.3 Å². The van der Waals surface area contributed by atoms with Gasteiger partial charge in [0.05, 0.1) is 6.54 Å². The Morgan fingerprint density at radius 3 is 2.40 bits per heavy atom. The first-order valence-corrected chi connectivity index (χ1v) is 8.34. The number of amides is 2. The van der Waals surface area contributed by atoms with Gasteiger partial charge in [-0.25, -0.2) is 4.98 Å². The molecule has 1 heterocycles. The highest BCUT2D eigenvalue weighted by Crippen LogP contribution is 2.25. The highest BCUT2D eigenvalue weighted by molar-refractivity contribution is 5.99. The van der Waals surface area contributed by atoms with E-state index in [4.69, 9.17) is 4.42 Å². The van der Waals surface area contributed by atoms with Crippen molar-refractivity contribution in [1.29, 1.82) is 0 Å². The number of benzene rings is 1. The van der Waals surface area contributed by atoms with Gasteiger partial charge >= 0.3 is 0 Å². The average Bonchev–Trinajstić information content (AvgIpc) is 2.93. The Bertz CT molecular complexity index is 745. The molecule has 25 heavy (non-hydrogen) atoms. The van der Waals surface area contributed by atoms with Gasteiger partial charge in [-0.3, -0.25) is 9.59 Å². The molecule has 0 aliphatic carbocycles. The molecule has 2 aromatic rings. The maximum Gasteiger partial charge on any atom is 0.276 e. The first kappa shape index (κ1) is 18.7. The molecule has 1 aromatic heterocycles. The molecule has 0 aliphatic rings. The second-order valence-corrected chi connectivity index (χ2v) is 6.89. The minimum Gasteiger partial charge on any atom is -0.440 e. The highest BCUT2D eigenvalue weighted by atomic mass is 16.4. The summed E-state index contributed by atoms with van der Waals surface area (Å²) in [4.78, 5) is 30.8. The first-order chi connectivity index (χ1) is 11.7. The predicted octanol–water partition coefficient (Wildman–Crippen LogP) is 3.03. The fourth-order valence-corrected chi connectivity index (χ4v) is 2.47. The van der Waals surface area contributed by atoms with Gasteiger partial charge in [0.15, 0.2) is 17.3 Å². The first-order valence-electron chi connectivity index (χ1n) is 8.34. The Morgan fingerprint density at radius 1 is 1.20 bits per heavy atom. The molecule has 2 amide bonds. The largest absolute Gasteiger partial charge is 0.440 e. The minimum absolute atomic E-state index is 0.0211. The standard InChI is InChI=1S/C19H25N3O3/c1-6-22(12-15(23)21-19(3,4)5)18(24)16-17(25-13(2)20-16)14-10-8-7-9-11-14/h7-11H,6,12H2,1-5H3,(H,21,23). The molecule has 0 saturated heterocycles. The van der Waals surface area contributed by atoms with Gasteiger partial charge in [0.2, 0.25) is 5.91 Å². The molecule has 0 atom stereocenters. The predicted molar refractivity (Wildman–Crippen MR) is 96.1 cm³/mol. The third kappa shape index (κ3) is 4.92. The van der Waals surface area contributed by atoms with E-state index in [0.717, 1.165) is 5.56 Å². The van der Waals surface area contributed by atoms with Crippen LogP contribution in [-0.4, -0.2) is 40.3 Å². The van der Waals surface area contributed by atoms with Crippen molar-refractivity contribution in [3.63, 3.8) is 0 Å². The number of aryl methyl sites for hydroxylation is 1. The van der Waals surface area contributed by atoms with Gasteiger partial charge in [-0.2, -0.15) is 0 Å². The van der Waals surface area contributed by atoms with Gasteiger partial charge in [0.1, 0.15) is 0 Å². The van der Waals surface area contributed by atoms with Crippen LogP contribution in [0.2, 0.25) is 0 Å². The molecule has 0 bridgehead atoms. The molecule has 134 valence electrons. The zero-order valence-electron chi connectivity index (χ0n) is 15.4. The lowest BCUT2D eigenvalue weighted by Gasteiger charge is -2.24. The maximum atomic E-state index is 12.9. The quantitative estimate of drug-likeness (QED) is 0.905. The average molecular weight is 343 g/mol. The maximum absolute atomic E-state index is 12.9. The van der Waals surface area contributed by atoms with E-state index in [1.54, 1.807) is 6.92 Å². The van der Waals surface area contributed by atoms with Crippen LogP contribution in [0.4, 0.5) is 0 Å². The number of likely N-dealkylation sites (N-methyl/N-ethyl adjacent to an activating group) is 1. The molecule has 0 saturated carbocycles. The zero-order chi connectivity index (χ0) is 18.6. The second-order valence-electron chi connectivity index (χ2n) is 6.89. The molecule has 0 unspecified atom stereocenters. The van der Waals surface area contributed by atoms with Gasteiger partial charge in [0.25, 0.3) is 5.91 Å². The van der Waals surface area contributed by atoms with Crippen LogP contribution < -0.4 is 5.32 Å². The van der Waals surface area contributed by atoms with Crippen molar-refractivity contribution in [2.45, 2.75) is 40.2 Å². The number of aromatic nitrogens is 1. The lowest BCUT2D eigenvalue weighted by molar-refractivity contribution is -0.123. The Balaban J connectivity index is 2.25. The van der Waals surface area contributed by atoms with Crippen molar-refractivity contribution in [2.24, 2.45) is 0 Å². The minimum atomic E-state index is -0.348. The fourth-order valence-electron chi connectivity index (χ4n) is 2.47. The van der Waals surface area contributed by atoms with Crippen molar-refractivity contribution in [3.8, 4) is 11.3 Å².